The molecule has 3 amide bonds. The molecule has 7 heteroatoms. The topological polar surface area (TPSA) is 91.4 Å². The normalized spacial score (nSPS) is 26.2. The zero-order valence-corrected chi connectivity index (χ0v) is 14.6. The molecule has 2 fully saturated rings. The SMILES string of the molecule is CC(C)CC1NC(=O)C2CC(NC(=O)c3ccncc3)CCN2C1=O. The molecule has 134 valence electrons. The van der Waals surface area contributed by atoms with E-state index in [9.17, 15) is 14.4 Å². The Labute approximate surface area is 147 Å². The minimum atomic E-state index is -0.493. The number of nitrogens with zero attached hydrogens (tertiary/aromatic N) is 2. The van der Waals surface area contributed by atoms with Gasteiger partial charge in [-0.25, -0.2) is 0 Å². The highest BCUT2D eigenvalue weighted by atomic mass is 16.2. The predicted molar refractivity (Wildman–Crippen MR) is 91.6 cm³/mol. The molecular formula is C18H24N4O3. The number of aromatic nitrogens is 1. The lowest BCUT2D eigenvalue weighted by Gasteiger charge is -2.44. The monoisotopic (exact) mass is 344 g/mol. The van der Waals surface area contributed by atoms with E-state index in [1.807, 2.05) is 13.8 Å². The van der Waals surface area contributed by atoms with Crippen LogP contribution in [-0.4, -0.2) is 52.3 Å². The van der Waals surface area contributed by atoms with Gasteiger partial charge in [0.25, 0.3) is 5.91 Å². The van der Waals surface area contributed by atoms with Crippen molar-refractivity contribution in [2.24, 2.45) is 5.92 Å². The van der Waals surface area contributed by atoms with Crippen molar-refractivity contribution < 1.29 is 14.4 Å². The third-order valence-corrected chi connectivity index (χ3v) is 4.79. The summed E-state index contributed by atoms with van der Waals surface area (Å²) in [4.78, 5) is 42.9. The first-order valence-electron chi connectivity index (χ1n) is 8.77. The number of pyridine rings is 1. The van der Waals surface area contributed by atoms with Gasteiger partial charge in [-0.2, -0.15) is 0 Å². The summed E-state index contributed by atoms with van der Waals surface area (Å²) in [7, 11) is 0. The number of piperidine rings is 1. The van der Waals surface area contributed by atoms with Gasteiger partial charge in [0.1, 0.15) is 12.1 Å². The van der Waals surface area contributed by atoms with Crippen LogP contribution in [0.1, 0.15) is 43.5 Å². The van der Waals surface area contributed by atoms with Crippen LogP contribution in [-0.2, 0) is 9.59 Å². The number of amides is 3. The number of nitrogens with one attached hydrogen (secondary N) is 2. The number of hydrogen-bond acceptors (Lipinski definition) is 4. The highest BCUT2D eigenvalue weighted by Gasteiger charge is 2.44. The Morgan fingerprint density at radius 3 is 2.76 bits per heavy atom. The molecule has 1 aromatic heterocycles. The Bertz CT molecular complexity index is 662. The van der Waals surface area contributed by atoms with E-state index in [2.05, 4.69) is 15.6 Å². The second-order valence-electron chi connectivity index (χ2n) is 7.17. The fraction of sp³-hybridized carbons (Fsp3) is 0.556. The Morgan fingerprint density at radius 2 is 2.08 bits per heavy atom. The van der Waals surface area contributed by atoms with Crippen molar-refractivity contribution in [2.75, 3.05) is 6.54 Å². The molecule has 0 radical (unpaired) electrons. The van der Waals surface area contributed by atoms with Gasteiger partial charge in [0, 0.05) is 30.5 Å². The van der Waals surface area contributed by atoms with E-state index in [1.165, 1.54) is 0 Å². The van der Waals surface area contributed by atoms with Crippen molar-refractivity contribution in [1.29, 1.82) is 0 Å². The van der Waals surface area contributed by atoms with Gasteiger partial charge < -0.3 is 15.5 Å². The minimum absolute atomic E-state index is 0.00258. The molecule has 0 aliphatic carbocycles. The van der Waals surface area contributed by atoms with Gasteiger partial charge in [0.05, 0.1) is 0 Å². The van der Waals surface area contributed by atoms with Gasteiger partial charge in [-0.3, -0.25) is 19.4 Å². The Hall–Kier alpha value is -2.44. The molecule has 7 nitrogen and oxygen atoms in total. The van der Waals surface area contributed by atoms with E-state index < -0.39 is 12.1 Å². The molecular weight excluding hydrogens is 320 g/mol. The number of hydrogen-bond donors (Lipinski definition) is 2. The number of rotatable bonds is 4. The van der Waals surface area contributed by atoms with Gasteiger partial charge in [-0.1, -0.05) is 13.8 Å². The first kappa shape index (κ1) is 17.4. The smallest absolute Gasteiger partial charge is 0.251 e. The van der Waals surface area contributed by atoms with Crippen LogP contribution in [0.5, 0.6) is 0 Å². The molecule has 3 rings (SSSR count). The summed E-state index contributed by atoms with van der Waals surface area (Å²) in [5.74, 6) is 0.0365. The predicted octanol–water partition coefficient (Wildman–Crippen LogP) is 0.715. The van der Waals surface area contributed by atoms with Gasteiger partial charge in [0.2, 0.25) is 11.8 Å². The Balaban J connectivity index is 1.63. The summed E-state index contributed by atoms with van der Waals surface area (Å²) in [5.41, 5.74) is 0.540. The summed E-state index contributed by atoms with van der Waals surface area (Å²) in [6, 6.07) is 2.26. The lowest BCUT2D eigenvalue weighted by atomic mass is 9.91. The van der Waals surface area contributed by atoms with Crippen molar-refractivity contribution in [3.8, 4) is 0 Å². The molecule has 2 saturated heterocycles. The lowest BCUT2D eigenvalue weighted by Crippen LogP contribution is -2.67. The average molecular weight is 344 g/mol. The third kappa shape index (κ3) is 3.81. The number of piperazine rings is 1. The molecule has 0 aromatic carbocycles. The lowest BCUT2D eigenvalue weighted by molar-refractivity contribution is -0.152. The molecule has 2 N–H and O–H groups in total. The first-order chi connectivity index (χ1) is 12.0. The van der Waals surface area contributed by atoms with Crippen LogP contribution in [0.25, 0.3) is 0 Å². The maximum absolute atomic E-state index is 12.6. The molecule has 2 aliphatic heterocycles. The van der Waals surface area contributed by atoms with E-state index in [4.69, 9.17) is 0 Å². The zero-order valence-electron chi connectivity index (χ0n) is 14.6. The van der Waals surface area contributed by atoms with Gasteiger partial charge in [-0.15, -0.1) is 0 Å². The van der Waals surface area contributed by atoms with Crippen LogP contribution in [0.15, 0.2) is 24.5 Å². The van der Waals surface area contributed by atoms with Crippen molar-refractivity contribution in [2.45, 2.75) is 51.2 Å². The quantitative estimate of drug-likeness (QED) is 0.842. The molecule has 0 spiro atoms. The van der Waals surface area contributed by atoms with E-state index in [-0.39, 0.29) is 23.8 Å². The average Bonchev–Trinajstić information content (AvgIpc) is 2.60. The molecule has 3 heterocycles. The van der Waals surface area contributed by atoms with Gasteiger partial charge in [-0.05, 0) is 37.3 Å². The Morgan fingerprint density at radius 1 is 1.36 bits per heavy atom. The van der Waals surface area contributed by atoms with E-state index >= 15 is 0 Å². The van der Waals surface area contributed by atoms with E-state index in [0.29, 0.717) is 37.3 Å². The second-order valence-corrected chi connectivity index (χ2v) is 7.17. The largest absolute Gasteiger partial charge is 0.349 e. The molecule has 3 atom stereocenters. The molecule has 0 saturated carbocycles. The van der Waals surface area contributed by atoms with Crippen LogP contribution >= 0.6 is 0 Å². The highest BCUT2D eigenvalue weighted by molar-refractivity contribution is 5.97. The number of carbonyl (C=O) groups excluding carboxylic acids is 3. The summed E-state index contributed by atoms with van der Waals surface area (Å²) in [6.45, 7) is 4.56. The summed E-state index contributed by atoms with van der Waals surface area (Å²) < 4.78 is 0. The van der Waals surface area contributed by atoms with Gasteiger partial charge in [0.15, 0.2) is 0 Å². The van der Waals surface area contributed by atoms with Crippen molar-refractivity contribution in [1.82, 2.24) is 20.5 Å². The standard InChI is InChI=1S/C18H24N4O3/c1-11(2)9-14-18(25)22-8-5-13(10-15(22)17(24)21-14)20-16(23)12-3-6-19-7-4-12/h3-4,6-7,11,13-15H,5,8-10H2,1-2H3,(H,20,23)(H,21,24). The fourth-order valence-corrected chi connectivity index (χ4v) is 3.54. The summed E-state index contributed by atoms with van der Waals surface area (Å²) in [6.07, 6.45) is 4.89. The fourth-order valence-electron chi connectivity index (χ4n) is 3.54. The molecule has 2 aliphatic rings. The van der Waals surface area contributed by atoms with Crippen LogP contribution in [0, 0.1) is 5.92 Å². The third-order valence-electron chi connectivity index (χ3n) is 4.79. The van der Waals surface area contributed by atoms with E-state index in [1.54, 1.807) is 29.4 Å². The molecule has 1 aromatic rings. The van der Waals surface area contributed by atoms with Crippen LogP contribution < -0.4 is 10.6 Å². The minimum Gasteiger partial charge on any atom is -0.349 e. The van der Waals surface area contributed by atoms with Crippen LogP contribution in [0.4, 0.5) is 0 Å². The summed E-state index contributed by atoms with van der Waals surface area (Å²) in [5, 5.41) is 5.81. The molecule has 25 heavy (non-hydrogen) atoms. The number of carbonyl (C=O) groups is 3. The van der Waals surface area contributed by atoms with Crippen molar-refractivity contribution >= 4 is 17.7 Å². The zero-order chi connectivity index (χ0) is 18.0. The molecule has 0 bridgehead atoms. The second kappa shape index (κ2) is 7.21. The van der Waals surface area contributed by atoms with Crippen molar-refractivity contribution in [3.63, 3.8) is 0 Å². The van der Waals surface area contributed by atoms with Crippen LogP contribution in [0.2, 0.25) is 0 Å². The maximum Gasteiger partial charge on any atom is 0.251 e. The van der Waals surface area contributed by atoms with E-state index in [0.717, 1.165) is 0 Å². The van der Waals surface area contributed by atoms with Crippen LogP contribution in [0.3, 0.4) is 0 Å². The number of fused-ring (bicyclic) bond motifs is 1. The highest BCUT2D eigenvalue weighted by Crippen LogP contribution is 2.24. The molecule has 3 unspecified atom stereocenters. The van der Waals surface area contributed by atoms with Crippen molar-refractivity contribution in [3.05, 3.63) is 30.1 Å². The maximum atomic E-state index is 12.6. The Kier molecular flexibility index (Phi) is 5.01. The van der Waals surface area contributed by atoms with Gasteiger partial charge >= 0.3 is 0 Å². The first-order valence-corrected chi connectivity index (χ1v) is 8.77. The summed E-state index contributed by atoms with van der Waals surface area (Å²) >= 11 is 0.